The zero-order valence-electron chi connectivity index (χ0n) is 13.6. The maximum atomic E-state index is 12.8. The molecule has 5 nitrogen and oxygen atoms in total. The minimum absolute atomic E-state index is 0.221. The fourth-order valence-corrected chi connectivity index (χ4v) is 2.88. The topological polar surface area (TPSA) is 64.1 Å². The monoisotopic (exact) mass is 329 g/mol. The summed E-state index contributed by atoms with van der Waals surface area (Å²) in [7, 11) is 1.55. The van der Waals surface area contributed by atoms with Gasteiger partial charge in [0.15, 0.2) is 0 Å². The molecule has 0 saturated heterocycles. The Kier molecular flexibility index (Phi) is 3.74. The minimum atomic E-state index is -0.221. The number of anilines is 1. The highest BCUT2D eigenvalue weighted by Gasteiger charge is 2.14. The van der Waals surface area contributed by atoms with Crippen LogP contribution in [0, 0.1) is 0 Å². The average Bonchev–Trinajstić information content (AvgIpc) is 2.68. The lowest BCUT2D eigenvalue weighted by molar-refractivity contribution is 0.102. The quantitative estimate of drug-likeness (QED) is 0.576. The lowest BCUT2D eigenvalue weighted by atomic mass is 10.0. The molecule has 2 aromatic carbocycles. The van der Waals surface area contributed by atoms with Crippen LogP contribution in [0.1, 0.15) is 10.4 Å². The van der Waals surface area contributed by atoms with Crippen molar-refractivity contribution in [2.45, 2.75) is 0 Å². The summed E-state index contributed by atoms with van der Waals surface area (Å²) in [5.41, 5.74) is 1.81. The Morgan fingerprint density at radius 3 is 2.64 bits per heavy atom. The van der Waals surface area contributed by atoms with Crippen LogP contribution < -0.4 is 10.1 Å². The number of carbonyl (C=O) groups is 1. The molecule has 25 heavy (non-hydrogen) atoms. The lowest BCUT2D eigenvalue weighted by Crippen LogP contribution is -2.13. The molecule has 0 aliphatic rings. The van der Waals surface area contributed by atoms with Gasteiger partial charge in [-0.2, -0.15) is 0 Å². The first-order valence-electron chi connectivity index (χ1n) is 7.84. The van der Waals surface area contributed by atoms with Crippen molar-refractivity contribution in [3.8, 4) is 5.88 Å². The summed E-state index contributed by atoms with van der Waals surface area (Å²) in [4.78, 5) is 21.3. The summed E-state index contributed by atoms with van der Waals surface area (Å²) in [6.07, 6.45) is 3.26. The third-order valence-electron chi connectivity index (χ3n) is 4.06. The molecule has 2 aromatic heterocycles. The normalized spacial score (nSPS) is 10.8. The van der Waals surface area contributed by atoms with E-state index in [0.717, 1.165) is 16.2 Å². The molecule has 0 saturated carbocycles. The van der Waals surface area contributed by atoms with Crippen LogP contribution in [-0.4, -0.2) is 23.0 Å². The van der Waals surface area contributed by atoms with E-state index < -0.39 is 0 Å². The standard InChI is InChI=1S/C20H15N3O2/c1-25-18-9-8-14(12-22-18)23-20(24)17-11-13-5-2-3-6-15(13)16-7-4-10-21-19(16)17/h2-12H,1H3,(H,23,24). The molecule has 2 heterocycles. The number of methoxy groups -OCH3 is 1. The van der Waals surface area contributed by atoms with Crippen molar-refractivity contribution in [3.63, 3.8) is 0 Å². The zero-order chi connectivity index (χ0) is 17.2. The second-order valence-electron chi connectivity index (χ2n) is 5.59. The van der Waals surface area contributed by atoms with Gasteiger partial charge in [0.2, 0.25) is 5.88 Å². The van der Waals surface area contributed by atoms with Crippen LogP contribution in [0.2, 0.25) is 0 Å². The third kappa shape index (κ3) is 2.76. The van der Waals surface area contributed by atoms with Gasteiger partial charge < -0.3 is 10.1 Å². The molecule has 0 fully saturated rings. The number of nitrogens with one attached hydrogen (secondary N) is 1. The van der Waals surface area contributed by atoms with Gasteiger partial charge in [-0.1, -0.05) is 30.3 Å². The molecule has 1 N–H and O–H groups in total. The summed E-state index contributed by atoms with van der Waals surface area (Å²) in [5.74, 6) is 0.275. The predicted molar refractivity (Wildman–Crippen MR) is 98.0 cm³/mol. The molecule has 4 rings (SSSR count). The molecule has 4 aromatic rings. The highest BCUT2D eigenvalue weighted by Crippen LogP contribution is 2.27. The highest BCUT2D eigenvalue weighted by molar-refractivity contribution is 6.18. The van der Waals surface area contributed by atoms with Crippen molar-refractivity contribution in [1.82, 2.24) is 9.97 Å². The first-order chi connectivity index (χ1) is 12.3. The molecule has 0 bridgehead atoms. The second-order valence-corrected chi connectivity index (χ2v) is 5.59. The molecule has 5 heteroatoms. The molecule has 0 radical (unpaired) electrons. The summed E-state index contributed by atoms with van der Waals surface area (Å²) in [6.45, 7) is 0. The van der Waals surface area contributed by atoms with E-state index in [4.69, 9.17) is 4.74 Å². The Morgan fingerprint density at radius 1 is 1.00 bits per heavy atom. The number of benzene rings is 2. The minimum Gasteiger partial charge on any atom is -0.481 e. The molecular formula is C20H15N3O2. The Balaban J connectivity index is 1.79. The van der Waals surface area contributed by atoms with Gasteiger partial charge in [0.25, 0.3) is 5.91 Å². The molecule has 0 spiro atoms. The van der Waals surface area contributed by atoms with Gasteiger partial charge in [0, 0.05) is 17.6 Å². The van der Waals surface area contributed by atoms with E-state index in [1.54, 1.807) is 31.6 Å². The summed E-state index contributed by atoms with van der Waals surface area (Å²) in [5, 5.41) is 5.90. The summed E-state index contributed by atoms with van der Waals surface area (Å²) >= 11 is 0. The number of aromatic nitrogens is 2. The molecule has 0 aliphatic carbocycles. The van der Waals surface area contributed by atoms with Crippen LogP contribution in [0.15, 0.2) is 67.0 Å². The predicted octanol–water partition coefficient (Wildman–Crippen LogP) is 4.04. The fraction of sp³-hybridized carbons (Fsp3) is 0.0500. The van der Waals surface area contributed by atoms with Crippen LogP contribution >= 0.6 is 0 Å². The van der Waals surface area contributed by atoms with Crippen molar-refractivity contribution in [1.29, 1.82) is 0 Å². The van der Waals surface area contributed by atoms with E-state index in [0.29, 0.717) is 22.6 Å². The van der Waals surface area contributed by atoms with Gasteiger partial charge in [0.1, 0.15) is 0 Å². The Morgan fingerprint density at radius 2 is 1.84 bits per heavy atom. The maximum Gasteiger partial charge on any atom is 0.257 e. The number of amides is 1. The SMILES string of the molecule is COc1ccc(NC(=O)c2cc3ccccc3c3cccnc23)cn1. The lowest BCUT2D eigenvalue weighted by Gasteiger charge is -2.10. The smallest absolute Gasteiger partial charge is 0.257 e. The van der Waals surface area contributed by atoms with Gasteiger partial charge >= 0.3 is 0 Å². The van der Waals surface area contributed by atoms with Gasteiger partial charge in [-0.3, -0.25) is 9.78 Å². The Hall–Kier alpha value is -3.47. The Labute approximate surface area is 144 Å². The van der Waals surface area contributed by atoms with E-state index in [2.05, 4.69) is 15.3 Å². The number of ether oxygens (including phenoxy) is 1. The van der Waals surface area contributed by atoms with Crippen LogP contribution in [0.3, 0.4) is 0 Å². The van der Waals surface area contributed by atoms with Crippen molar-refractivity contribution in [2.24, 2.45) is 0 Å². The van der Waals surface area contributed by atoms with Crippen LogP contribution in [0.25, 0.3) is 21.7 Å². The van der Waals surface area contributed by atoms with E-state index >= 15 is 0 Å². The maximum absolute atomic E-state index is 12.8. The first kappa shape index (κ1) is 15.1. The molecular weight excluding hydrogens is 314 g/mol. The van der Waals surface area contributed by atoms with Crippen molar-refractivity contribution in [2.75, 3.05) is 12.4 Å². The first-order valence-corrected chi connectivity index (χ1v) is 7.84. The van der Waals surface area contributed by atoms with Crippen molar-refractivity contribution >= 4 is 33.3 Å². The second kappa shape index (κ2) is 6.20. The van der Waals surface area contributed by atoms with Gasteiger partial charge in [0.05, 0.1) is 30.1 Å². The zero-order valence-corrected chi connectivity index (χ0v) is 13.6. The number of carbonyl (C=O) groups excluding carboxylic acids is 1. The third-order valence-corrected chi connectivity index (χ3v) is 4.06. The largest absolute Gasteiger partial charge is 0.481 e. The number of rotatable bonds is 3. The number of hydrogen-bond donors (Lipinski definition) is 1. The van der Waals surface area contributed by atoms with Gasteiger partial charge in [-0.05, 0) is 29.0 Å². The highest BCUT2D eigenvalue weighted by atomic mass is 16.5. The average molecular weight is 329 g/mol. The van der Waals surface area contributed by atoms with E-state index in [9.17, 15) is 4.79 Å². The summed E-state index contributed by atoms with van der Waals surface area (Å²) < 4.78 is 5.03. The Bertz CT molecular complexity index is 1080. The van der Waals surface area contributed by atoms with E-state index in [1.165, 1.54) is 0 Å². The van der Waals surface area contributed by atoms with Crippen molar-refractivity contribution < 1.29 is 9.53 Å². The number of pyridine rings is 2. The van der Waals surface area contributed by atoms with Crippen LogP contribution in [0.5, 0.6) is 5.88 Å². The summed E-state index contributed by atoms with van der Waals surface area (Å²) in [6, 6.07) is 17.2. The van der Waals surface area contributed by atoms with E-state index in [-0.39, 0.29) is 5.91 Å². The van der Waals surface area contributed by atoms with E-state index in [1.807, 2.05) is 42.5 Å². The number of nitrogens with zero attached hydrogens (tertiary/aromatic N) is 2. The molecule has 122 valence electrons. The fourth-order valence-electron chi connectivity index (χ4n) is 2.88. The van der Waals surface area contributed by atoms with Crippen LogP contribution in [0.4, 0.5) is 5.69 Å². The number of hydrogen-bond acceptors (Lipinski definition) is 4. The molecule has 0 unspecified atom stereocenters. The van der Waals surface area contributed by atoms with Gasteiger partial charge in [-0.15, -0.1) is 0 Å². The molecule has 1 amide bonds. The number of fused-ring (bicyclic) bond motifs is 3. The van der Waals surface area contributed by atoms with Crippen LogP contribution in [-0.2, 0) is 0 Å². The van der Waals surface area contributed by atoms with Gasteiger partial charge in [-0.25, -0.2) is 4.98 Å². The molecule has 0 atom stereocenters. The van der Waals surface area contributed by atoms with Crippen molar-refractivity contribution in [3.05, 3.63) is 72.6 Å². The molecule has 0 aliphatic heterocycles.